The number of hydrogen-bond acceptors (Lipinski definition) is 3. The van der Waals surface area contributed by atoms with E-state index < -0.39 is 0 Å². The van der Waals surface area contributed by atoms with Crippen molar-refractivity contribution in [3.8, 4) is 0 Å². The van der Waals surface area contributed by atoms with Gasteiger partial charge in [0.15, 0.2) is 0 Å². The molecular formula is C14H15BrN2O2. The highest BCUT2D eigenvalue weighted by atomic mass is 79.9. The van der Waals surface area contributed by atoms with Gasteiger partial charge in [0.2, 0.25) is 0 Å². The van der Waals surface area contributed by atoms with Crippen LogP contribution < -0.4 is 5.32 Å². The van der Waals surface area contributed by atoms with Crippen molar-refractivity contribution in [2.24, 2.45) is 0 Å². The topological polar surface area (TPSA) is 49.4 Å². The Balaban J connectivity index is 1.81. The van der Waals surface area contributed by atoms with Crippen LogP contribution in [0.1, 0.15) is 40.0 Å². The lowest BCUT2D eigenvalue weighted by atomic mass is 10.0. The summed E-state index contributed by atoms with van der Waals surface area (Å²) < 4.78 is 0.824. The lowest BCUT2D eigenvalue weighted by molar-refractivity contribution is 0.0632. The zero-order valence-electron chi connectivity index (χ0n) is 10.5. The Morgan fingerprint density at radius 1 is 1.21 bits per heavy atom. The number of piperidine rings is 1. The molecule has 1 unspecified atom stereocenters. The maximum Gasteiger partial charge on any atom is 0.261 e. The van der Waals surface area contributed by atoms with Gasteiger partial charge in [-0.3, -0.25) is 14.5 Å². The van der Waals surface area contributed by atoms with Crippen LogP contribution >= 0.6 is 15.9 Å². The normalized spacial score (nSPS) is 22.8. The first-order chi connectivity index (χ1) is 9.16. The van der Waals surface area contributed by atoms with Crippen LogP contribution in [-0.2, 0) is 0 Å². The summed E-state index contributed by atoms with van der Waals surface area (Å²) in [6.07, 6.45) is 3.36. The molecule has 4 nitrogen and oxygen atoms in total. The molecule has 0 aliphatic carbocycles. The van der Waals surface area contributed by atoms with Gasteiger partial charge in [-0.15, -0.1) is 0 Å². The van der Waals surface area contributed by atoms with Crippen molar-refractivity contribution in [3.63, 3.8) is 0 Å². The number of carbonyl (C=O) groups is 2. The minimum Gasteiger partial charge on any atom is -0.312 e. The maximum absolute atomic E-state index is 12.3. The van der Waals surface area contributed by atoms with Gasteiger partial charge in [0.25, 0.3) is 11.8 Å². The Hall–Kier alpha value is -1.20. The monoisotopic (exact) mass is 322 g/mol. The Morgan fingerprint density at radius 2 is 2.00 bits per heavy atom. The molecule has 1 aromatic carbocycles. The number of halogens is 1. The molecule has 2 amide bonds. The van der Waals surface area contributed by atoms with E-state index in [0.717, 1.165) is 23.9 Å². The van der Waals surface area contributed by atoms with Crippen LogP contribution in [0.15, 0.2) is 22.7 Å². The van der Waals surface area contributed by atoms with Gasteiger partial charge in [0.1, 0.15) is 0 Å². The summed E-state index contributed by atoms with van der Waals surface area (Å²) in [4.78, 5) is 25.9. The first-order valence-electron chi connectivity index (χ1n) is 6.56. The molecule has 1 atom stereocenters. The van der Waals surface area contributed by atoms with Gasteiger partial charge >= 0.3 is 0 Å². The van der Waals surface area contributed by atoms with Gasteiger partial charge in [0, 0.05) is 17.1 Å². The summed E-state index contributed by atoms with van der Waals surface area (Å²) in [6, 6.07) is 5.48. The Bertz CT molecular complexity index is 538. The maximum atomic E-state index is 12.3. The number of amides is 2. The van der Waals surface area contributed by atoms with Crippen molar-refractivity contribution in [1.29, 1.82) is 0 Å². The highest BCUT2D eigenvalue weighted by molar-refractivity contribution is 9.10. The van der Waals surface area contributed by atoms with E-state index in [4.69, 9.17) is 0 Å². The minimum absolute atomic E-state index is 0.167. The quantitative estimate of drug-likeness (QED) is 0.849. The fraction of sp³-hybridized carbons (Fsp3) is 0.429. The largest absolute Gasteiger partial charge is 0.312 e. The van der Waals surface area contributed by atoms with Crippen molar-refractivity contribution in [2.45, 2.75) is 25.3 Å². The second-order valence-electron chi connectivity index (χ2n) is 5.06. The van der Waals surface area contributed by atoms with Crippen LogP contribution in [0.4, 0.5) is 0 Å². The van der Waals surface area contributed by atoms with Crippen LogP contribution in [-0.4, -0.2) is 35.8 Å². The molecule has 2 aliphatic heterocycles. The first kappa shape index (κ1) is 12.8. The molecule has 0 radical (unpaired) electrons. The predicted octanol–water partition coefficient (Wildman–Crippen LogP) is 2.19. The summed E-state index contributed by atoms with van der Waals surface area (Å²) in [5.74, 6) is -0.339. The van der Waals surface area contributed by atoms with Crippen LogP contribution in [0.5, 0.6) is 0 Å². The zero-order chi connectivity index (χ0) is 13.4. The van der Waals surface area contributed by atoms with E-state index in [1.54, 1.807) is 18.2 Å². The second-order valence-corrected chi connectivity index (χ2v) is 5.97. The van der Waals surface area contributed by atoms with E-state index in [1.807, 2.05) is 0 Å². The van der Waals surface area contributed by atoms with Crippen molar-refractivity contribution in [3.05, 3.63) is 33.8 Å². The van der Waals surface area contributed by atoms with Crippen molar-refractivity contribution >= 4 is 27.7 Å². The summed E-state index contributed by atoms with van der Waals surface area (Å²) in [5.41, 5.74) is 1.03. The molecule has 2 aliphatic rings. The van der Waals surface area contributed by atoms with Crippen LogP contribution in [0.3, 0.4) is 0 Å². The fourth-order valence-electron chi connectivity index (χ4n) is 2.73. The third kappa shape index (κ3) is 2.32. The average molecular weight is 323 g/mol. The summed E-state index contributed by atoms with van der Waals surface area (Å²) in [7, 11) is 0. The minimum atomic E-state index is -0.173. The van der Waals surface area contributed by atoms with Crippen LogP contribution in [0.25, 0.3) is 0 Å². The molecule has 1 aromatic rings. The van der Waals surface area contributed by atoms with Crippen molar-refractivity contribution in [2.75, 3.05) is 13.1 Å². The summed E-state index contributed by atoms with van der Waals surface area (Å²) in [6.45, 7) is 1.45. The number of fused-ring (bicyclic) bond motifs is 1. The van der Waals surface area contributed by atoms with E-state index in [0.29, 0.717) is 17.7 Å². The fourth-order valence-corrected chi connectivity index (χ4v) is 3.09. The molecule has 1 fully saturated rings. The number of nitrogens with zero attached hydrogens (tertiary/aromatic N) is 1. The molecule has 5 heteroatoms. The second kappa shape index (κ2) is 5.06. The SMILES string of the molecule is O=C1c2ccc(Br)cc2C(=O)N1CC1CCCCN1. The van der Waals surface area contributed by atoms with E-state index in [-0.39, 0.29) is 17.9 Å². The molecule has 3 rings (SSSR count). The summed E-state index contributed by atoms with van der Waals surface area (Å²) >= 11 is 3.34. The predicted molar refractivity (Wildman–Crippen MR) is 75.2 cm³/mol. The van der Waals surface area contributed by atoms with E-state index >= 15 is 0 Å². The van der Waals surface area contributed by atoms with Gasteiger partial charge in [-0.25, -0.2) is 0 Å². The Labute approximate surface area is 120 Å². The number of benzene rings is 1. The molecular weight excluding hydrogens is 308 g/mol. The van der Waals surface area contributed by atoms with Gasteiger partial charge < -0.3 is 5.32 Å². The molecule has 100 valence electrons. The third-order valence-electron chi connectivity index (χ3n) is 3.75. The molecule has 1 saturated heterocycles. The van der Waals surface area contributed by atoms with Gasteiger partial charge in [-0.05, 0) is 37.6 Å². The van der Waals surface area contributed by atoms with E-state index in [2.05, 4.69) is 21.2 Å². The van der Waals surface area contributed by atoms with Crippen molar-refractivity contribution in [1.82, 2.24) is 10.2 Å². The molecule has 1 N–H and O–H groups in total. The average Bonchev–Trinajstić information content (AvgIpc) is 2.65. The molecule has 0 aromatic heterocycles. The first-order valence-corrected chi connectivity index (χ1v) is 7.35. The van der Waals surface area contributed by atoms with Crippen LogP contribution in [0.2, 0.25) is 0 Å². The summed E-state index contributed by atoms with van der Waals surface area (Å²) in [5, 5.41) is 3.37. The lowest BCUT2D eigenvalue weighted by Crippen LogP contribution is -2.45. The van der Waals surface area contributed by atoms with Gasteiger partial charge in [-0.1, -0.05) is 22.4 Å². The highest BCUT2D eigenvalue weighted by Gasteiger charge is 2.36. The highest BCUT2D eigenvalue weighted by Crippen LogP contribution is 2.26. The lowest BCUT2D eigenvalue weighted by Gasteiger charge is -2.27. The standard InChI is InChI=1S/C14H15BrN2O2/c15-9-4-5-11-12(7-9)14(19)17(13(11)18)8-10-3-1-2-6-16-10/h4-5,7,10,16H,1-3,6,8H2. The Kier molecular flexibility index (Phi) is 3.41. The number of carbonyl (C=O) groups excluding carboxylic acids is 2. The molecule has 0 saturated carbocycles. The zero-order valence-corrected chi connectivity index (χ0v) is 12.1. The van der Waals surface area contributed by atoms with E-state index in [1.165, 1.54) is 11.3 Å². The number of imide groups is 1. The number of hydrogen-bond donors (Lipinski definition) is 1. The van der Waals surface area contributed by atoms with Gasteiger partial charge in [-0.2, -0.15) is 0 Å². The van der Waals surface area contributed by atoms with E-state index in [9.17, 15) is 9.59 Å². The number of nitrogens with one attached hydrogen (secondary N) is 1. The molecule has 0 spiro atoms. The molecule has 19 heavy (non-hydrogen) atoms. The van der Waals surface area contributed by atoms with Gasteiger partial charge in [0.05, 0.1) is 11.1 Å². The number of rotatable bonds is 2. The van der Waals surface area contributed by atoms with Crippen LogP contribution in [0, 0.1) is 0 Å². The Morgan fingerprint density at radius 3 is 2.74 bits per heavy atom. The molecule has 2 heterocycles. The van der Waals surface area contributed by atoms with Crippen molar-refractivity contribution < 1.29 is 9.59 Å². The smallest absolute Gasteiger partial charge is 0.261 e. The third-order valence-corrected chi connectivity index (χ3v) is 4.24. The molecule has 0 bridgehead atoms.